The lowest BCUT2D eigenvalue weighted by molar-refractivity contribution is -0.122. The van der Waals surface area contributed by atoms with E-state index in [0.29, 0.717) is 12.0 Å². The predicted octanol–water partition coefficient (Wildman–Crippen LogP) is 3.37. The standard InChI is InChI=1S/C24H26N2O3/c1-29-21-10-6-5-9-19(21)17-11-13-18(14-12-17)22-20(23(27)26-24(28)25-22)15-16-7-3-2-4-8-16/h2-11,18,24-25,28H,12-15H2,1H3,(H,26,27). The van der Waals surface area contributed by atoms with Crippen LogP contribution in [0.25, 0.3) is 5.57 Å². The summed E-state index contributed by atoms with van der Waals surface area (Å²) in [4.78, 5) is 12.6. The molecule has 0 saturated heterocycles. The van der Waals surface area contributed by atoms with E-state index in [1.807, 2.05) is 48.5 Å². The molecule has 150 valence electrons. The number of aliphatic hydroxyl groups is 1. The first kappa shape index (κ1) is 19.3. The number of allylic oxidation sites excluding steroid dienone is 3. The smallest absolute Gasteiger partial charge is 0.252 e. The number of nitrogens with one attached hydrogen (secondary N) is 2. The number of benzene rings is 2. The van der Waals surface area contributed by atoms with Gasteiger partial charge in [0.05, 0.1) is 7.11 Å². The maximum absolute atomic E-state index is 12.6. The quantitative estimate of drug-likeness (QED) is 0.732. The Bertz CT molecular complexity index is 950. The van der Waals surface area contributed by atoms with Crippen molar-refractivity contribution in [2.24, 2.45) is 5.92 Å². The Morgan fingerprint density at radius 2 is 1.83 bits per heavy atom. The van der Waals surface area contributed by atoms with Crippen LogP contribution in [-0.4, -0.2) is 24.5 Å². The van der Waals surface area contributed by atoms with Crippen molar-refractivity contribution in [3.63, 3.8) is 0 Å². The second kappa shape index (κ2) is 8.53. The first-order valence-corrected chi connectivity index (χ1v) is 10.0. The summed E-state index contributed by atoms with van der Waals surface area (Å²) in [5.74, 6) is 0.856. The molecular weight excluding hydrogens is 364 g/mol. The molecule has 1 aliphatic carbocycles. The minimum Gasteiger partial charge on any atom is -0.496 e. The van der Waals surface area contributed by atoms with Crippen molar-refractivity contribution >= 4 is 11.5 Å². The molecule has 2 aromatic rings. The summed E-state index contributed by atoms with van der Waals surface area (Å²) in [5, 5.41) is 15.8. The van der Waals surface area contributed by atoms with Crippen molar-refractivity contribution in [2.45, 2.75) is 32.0 Å². The molecule has 1 aliphatic heterocycles. The Kier molecular flexibility index (Phi) is 5.67. The fourth-order valence-electron chi connectivity index (χ4n) is 4.19. The molecule has 0 fully saturated rings. The Balaban J connectivity index is 1.60. The third-order valence-electron chi connectivity index (χ3n) is 5.66. The summed E-state index contributed by atoms with van der Waals surface area (Å²) in [5.41, 5.74) is 5.04. The topological polar surface area (TPSA) is 70.6 Å². The summed E-state index contributed by atoms with van der Waals surface area (Å²) < 4.78 is 5.50. The molecule has 1 amide bonds. The fourth-order valence-corrected chi connectivity index (χ4v) is 4.19. The molecule has 2 atom stereocenters. The van der Waals surface area contributed by atoms with Crippen molar-refractivity contribution < 1.29 is 14.6 Å². The molecule has 0 saturated carbocycles. The van der Waals surface area contributed by atoms with Gasteiger partial charge in [0, 0.05) is 29.2 Å². The molecule has 29 heavy (non-hydrogen) atoms. The van der Waals surface area contributed by atoms with Crippen molar-refractivity contribution in [2.75, 3.05) is 7.11 Å². The van der Waals surface area contributed by atoms with E-state index in [4.69, 9.17) is 4.74 Å². The minimum atomic E-state index is -1.04. The molecule has 0 aromatic heterocycles. The van der Waals surface area contributed by atoms with Gasteiger partial charge in [-0.2, -0.15) is 0 Å². The van der Waals surface area contributed by atoms with E-state index in [9.17, 15) is 9.90 Å². The summed E-state index contributed by atoms with van der Waals surface area (Å²) in [6.45, 7) is 0. The van der Waals surface area contributed by atoms with Gasteiger partial charge in [0.15, 0.2) is 0 Å². The van der Waals surface area contributed by atoms with E-state index in [1.54, 1.807) is 7.11 Å². The third-order valence-corrected chi connectivity index (χ3v) is 5.66. The Hall–Kier alpha value is -3.05. The molecule has 2 aromatic carbocycles. The molecule has 5 heteroatoms. The number of hydrogen-bond acceptors (Lipinski definition) is 4. The molecule has 2 aliphatic rings. The number of hydrogen-bond donors (Lipinski definition) is 3. The Labute approximate surface area is 171 Å². The van der Waals surface area contributed by atoms with Gasteiger partial charge in [0.1, 0.15) is 5.75 Å². The zero-order valence-electron chi connectivity index (χ0n) is 16.5. The highest BCUT2D eigenvalue weighted by molar-refractivity contribution is 5.95. The number of methoxy groups -OCH3 is 1. The second-order valence-corrected chi connectivity index (χ2v) is 7.48. The molecule has 3 N–H and O–H groups in total. The third kappa shape index (κ3) is 4.20. The predicted molar refractivity (Wildman–Crippen MR) is 113 cm³/mol. The maximum atomic E-state index is 12.6. The first-order valence-electron chi connectivity index (χ1n) is 10.0. The Morgan fingerprint density at radius 3 is 2.55 bits per heavy atom. The molecule has 0 bridgehead atoms. The van der Waals surface area contributed by atoms with Crippen LogP contribution in [0.15, 0.2) is 71.9 Å². The van der Waals surface area contributed by atoms with Gasteiger partial charge in [-0.3, -0.25) is 4.79 Å². The summed E-state index contributed by atoms with van der Waals surface area (Å²) in [6.07, 6.45) is 4.35. The van der Waals surface area contributed by atoms with Crippen LogP contribution < -0.4 is 15.4 Å². The van der Waals surface area contributed by atoms with Crippen LogP contribution in [0.1, 0.15) is 30.4 Å². The lowest BCUT2D eigenvalue weighted by Crippen LogP contribution is -2.52. The van der Waals surface area contributed by atoms with E-state index >= 15 is 0 Å². The highest BCUT2D eigenvalue weighted by atomic mass is 16.5. The SMILES string of the molecule is COc1ccccc1C1=CCC(C2=C(Cc3ccccc3)C(=O)NC(O)N2)CC1. The van der Waals surface area contributed by atoms with Gasteiger partial charge in [-0.15, -0.1) is 0 Å². The molecule has 5 nitrogen and oxygen atoms in total. The fraction of sp³-hybridized carbons (Fsp3) is 0.292. The van der Waals surface area contributed by atoms with Gasteiger partial charge in [-0.25, -0.2) is 0 Å². The number of carbonyl (C=O) groups excluding carboxylic acids is 1. The number of carbonyl (C=O) groups is 1. The van der Waals surface area contributed by atoms with Gasteiger partial charge in [0.25, 0.3) is 5.91 Å². The second-order valence-electron chi connectivity index (χ2n) is 7.48. The zero-order chi connectivity index (χ0) is 20.2. The molecule has 1 heterocycles. The van der Waals surface area contributed by atoms with Crippen LogP contribution in [0.4, 0.5) is 0 Å². The van der Waals surface area contributed by atoms with Crippen molar-refractivity contribution in [1.29, 1.82) is 0 Å². The number of rotatable bonds is 5. The molecule has 2 unspecified atom stereocenters. The lowest BCUT2D eigenvalue weighted by Gasteiger charge is -2.33. The largest absolute Gasteiger partial charge is 0.496 e. The monoisotopic (exact) mass is 390 g/mol. The van der Waals surface area contributed by atoms with Gasteiger partial charge in [-0.05, 0) is 36.5 Å². The van der Waals surface area contributed by atoms with E-state index in [2.05, 4.69) is 22.8 Å². The van der Waals surface area contributed by atoms with Crippen molar-refractivity contribution in [3.8, 4) is 5.75 Å². The first-order chi connectivity index (χ1) is 14.2. The highest BCUT2D eigenvalue weighted by Crippen LogP contribution is 2.38. The Morgan fingerprint density at radius 1 is 1.07 bits per heavy atom. The number of ether oxygens (including phenoxy) is 1. The van der Waals surface area contributed by atoms with Crippen LogP contribution in [0, 0.1) is 5.92 Å². The van der Waals surface area contributed by atoms with Crippen molar-refractivity contribution in [3.05, 3.63) is 83.1 Å². The van der Waals surface area contributed by atoms with Crippen LogP contribution in [0.2, 0.25) is 0 Å². The van der Waals surface area contributed by atoms with Crippen LogP contribution >= 0.6 is 0 Å². The van der Waals surface area contributed by atoms with Crippen LogP contribution in [0.3, 0.4) is 0 Å². The molecular formula is C24H26N2O3. The lowest BCUT2D eigenvalue weighted by atomic mass is 9.82. The normalized spacial score (nSPS) is 21.9. The molecule has 0 spiro atoms. The summed E-state index contributed by atoms with van der Waals surface area (Å²) in [7, 11) is 1.69. The number of para-hydroxylation sites is 1. The summed E-state index contributed by atoms with van der Waals surface area (Å²) >= 11 is 0. The molecule has 4 rings (SSSR count). The van der Waals surface area contributed by atoms with Gasteiger partial charge in [0.2, 0.25) is 6.35 Å². The molecule has 0 radical (unpaired) electrons. The average Bonchev–Trinajstić information content (AvgIpc) is 2.76. The van der Waals surface area contributed by atoms with Gasteiger partial charge in [-0.1, -0.05) is 54.6 Å². The number of amides is 1. The van der Waals surface area contributed by atoms with E-state index in [-0.39, 0.29) is 11.8 Å². The number of aliphatic hydroxyl groups excluding tert-OH is 1. The van der Waals surface area contributed by atoms with E-state index < -0.39 is 6.35 Å². The van der Waals surface area contributed by atoms with Crippen LogP contribution in [-0.2, 0) is 11.2 Å². The minimum absolute atomic E-state index is 0.174. The zero-order valence-corrected chi connectivity index (χ0v) is 16.5. The average molecular weight is 390 g/mol. The maximum Gasteiger partial charge on any atom is 0.252 e. The van der Waals surface area contributed by atoms with E-state index in [1.165, 1.54) is 5.57 Å². The van der Waals surface area contributed by atoms with Gasteiger partial charge >= 0.3 is 0 Å². The van der Waals surface area contributed by atoms with Crippen LogP contribution in [0.5, 0.6) is 5.75 Å². The summed E-state index contributed by atoms with van der Waals surface area (Å²) in [6, 6.07) is 18.0. The van der Waals surface area contributed by atoms with E-state index in [0.717, 1.165) is 41.8 Å². The van der Waals surface area contributed by atoms with Gasteiger partial charge < -0.3 is 20.5 Å². The highest BCUT2D eigenvalue weighted by Gasteiger charge is 2.30. The van der Waals surface area contributed by atoms with Crippen molar-refractivity contribution in [1.82, 2.24) is 10.6 Å².